The lowest BCUT2D eigenvalue weighted by atomic mass is 9.89. The van der Waals surface area contributed by atoms with Crippen molar-refractivity contribution >= 4 is 30.5 Å². The first kappa shape index (κ1) is 19.2. The molecular weight excluding hydrogens is 375 g/mol. The van der Waals surface area contributed by atoms with Crippen molar-refractivity contribution in [2.24, 2.45) is 0 Å². The minimum Gasteiger partial charge on any atom is -0.466 e. The van der Waals surface area contributed by atoms with Crippen molar-refractivity contribution in [1.29, 1.82) is 0 Å². The maximum absolute atomic E-state index is 12.1. The number of hydrogen-bond acceptors (Lipinski definition) is 2. The van der Waals surface area contributed by atoms with Gasteiger partial charge in [-0.1, -0.05) is 110 Å². The Morgan fingerprint density at radius 2 is 1.38 bits per heavy atom. The molecule has 0 bridgehead atoms. The van der Waals surface area contributed by atoms with Crippen LogP contribution in [0.2, 0.25) is 0 Å². The summed E-state index contributed by atoms with van der Waals surface area (Å²) in [6.07, 6.45) is 2.19. The van der Waals surface area contributed by atoms with Crippen LogP contribution in [0, 0.1) is 0 Å². The Morgan fingerprint density at radius 1 is 0.828 bits per heavy atom. The van der Waals surface area contributed by atoms with E-state index in [4.69, 9.17) is 4.74 Å². The van der Waals surface area contributed by atoms with Crippen molar-refractivity contribution < 1.29 is 9.53 Å². The first-order chi connectivity index (χ1) is 14.3. The van der Waals surface area contributed by atoms with Gasteiger partial charge in [0.15, 0.2) is 0 Å². The zero-order valence-corrected chi connectivity index (χ0v) is 17.3. The highest BCUT2D eigenvalue weighted by molar-refractivity contribution is 7.63. The highest BCUT2D eigenvalue weighted by Crippen LogP contribution is 2.56. The summed E-state index contributed by atoms with van der Waals surface area (Å²) < 4.78 is 4.97. The number of carbonyl (C=O) groups excluding carboxylic acids is 1. The summed E-state index contributed by atoms with van der Waals surface area (Å²) in [7, 11) is 0.116. The third-order valence-electron chi connectivity index (χ3n) is 5.14. The van der Waals surface area contributed by atoms with E-state index in [9.17, 15) is 4.79 Å². The van der Waals surface area contributed by atoms with Gasteiger partial charge in [0.1, 0.15) is 0 Å². The summed E-state index contributed by atoms with van der Waals surface area (Å²) in [4.78, 5) is 12.1. The van der Waals surface area contributed by atoms with E-state index in [1.165, 1.54) is 34.9 Å². The molecule has 0 N–H and O–H groups in total. The SMILES string of the molecule is COC(=O)C=[PH]1C=CC(c2ccccc2)=C(c2ccccc2)C1c1ccccc1. The van der Waals surface area contributed by atoms with Crippen LogP contribution in [0.15, 0.2) is 103 Å². The smallest absolute Gasteiger partial charge is 0.330 e. The molecule has 2 unspecified atom stereocenters. The molecular formula is C26H23O2P. The van der Waals surface area contributed by atoms with Gasteiger partial charge in [0, 0.05) is 11.5 Å². The van der Waals surface area contributed by atoms with Crippen LogP contribution in [0.3, 0.4) is 0 Å². The van der Waals surface area contributed by atoms with Gasteiger partial charge >= 0.3 is 5.97 Å². The molecule has 2 atom stereocenters. The van der Waals surface area contributed by atoms with Crippen molar-refractivity contribution in [1.82, 2.24) is 0 Å². The highest BCUT2D eigenvalue weighted by Gasteiger charge is 2.27. The number of allylic oxidation sites excluding steroid dienone is 3. The predicted octanol–water partition coefficient (Wildman–Crippen LogP) is 6.06. The van der Waals surface area contributed by atoms with Gasteiger partial charge in [-0.15, -0.1) is 0 Å². The Morgan fingerprint density at radius 3 is 1.97 bits per heavy atom. The van der Waals surface area contributed by atoms with Crippen LogP contribution in [0.4, 0.5) is 0 Å². The minimum absolute atomic E-state index is 0.114. The third kappa shape index (κ3) is 4.18. The monoisotopic (exact) mass is 398 g/mol. The molecule has 0 fully saturated rings. The Hall–Kier alpha value is -3.09. The van der Waals surface area contributed by atoms with Crippen molar-refractivity contribution in [3.8, 4) is 0 Å². The van der Waals surface area contributed by atoms with Gasteiger partial charge in [-0.25, -0.2) is 4.79 Å². The van der Waals surface area contributed by atoms with E-state index in [1.54, 1.807) is 5.80 Å². The van der Waals surface area contributed by atoms with E-state index >= 15 is 0 Å². The van der Waals surface area contributed by atoms with Gasteiger partial charge in [-0.2, -0.15) is 0 Å². The largest absolute Gasteiger partial charge is 0.466 e. The molecule has 0 aliphatic carbocycles. The van der Waals surface area contributed by atoms with Gasteiger partial charge in [0.05, 0.1) is 7.11 Å². The minimum atomic E-state index is -1.32. The fraction of sp³-hybridized carbons (Fsp3) is 0.0769. The molecule has 0 spiro atoms. The molecule has 4 rings (SSSR count). The first-order valence-electron chi connectivity index (χ1n) is 9.65. The molecule has 0 saturated heterocycles. The molecule has 2 nitrogen and oxygen atoms in total. The molecule has 0 saturated carbocycles. The first-order valence-corrected chi connectivity index (χ1v) is 11.4. The molecule has 29 heavy (non-hydrogen) atoms. The summed E-state index contributed by atoms with van der Waals surface area (Å²) >= 11 is 0. The zero-order chi connectivity index (χ0) is 20.1. The number of esters is 1. The Bertz CT molecular complexity index is 1080. The molecule has 1 aliphatic heterocycles. The van der Waals surface area contributed by atoms with Crippen molar-refractivity contribution in [3.63, 3.8) is 0 Å². The molecule has 0 radical (unpaired) electrons. The molecule has 1 aliphatic rings. The van der Waals surface area contributed by atoms with Crippen molar-refractivity contribution in [3.05, 3.63) is 120 Å². The van der Waals surface area contributed by atoms with Gasteiger partial charge in [0.25, 0.3) is 0 Å². The average molecular weight is 398 g/mol. The third-order valence-corrected chi connectivity index (χ3v) is 7.55. The van der Waals surface area contributed by atoms with Crippen LogP contribution < -0.4 is 0 Å². The van der Waals surface area contributed by atoms with Gasteiger partial charge in [-0.3, -0.25) is 0 Å². The van der Waals surface area contributed by atoms with Gasteiger partial charge < -0.3 is 4.74 Å². The lowest BCUT2D eigenvalue weighted by Crippen LogP contribution is -2.08. The van der Waals surface area contributed by atoms with Gasteiger partial charge in [0.2, 0.25) is 0 Å². The predicted molar refractivity (Wildman–Crippen MR) is 124 cm³/mol. The fourth-order valence-electron chi connectivity index (χ4n) is 3.83. The van der Waals surface area contributed by atoms with E-state index in [0.29, 0.717) is 0 Å². The van der Waals surface area contributed by atoms with Crippen molar-refractivity contribution in [2.45, 2.75) is 5.66 Å². The Balaban J connectivity index is 2.00. The fourth-order valence-corrected chi connectivity index (χ4v) is 6.27. The Kier molecular flexibility index (Phi) is 5.93. The summed E-state index contributed by atoms with van der Waals surface area (Å²) in [5.74, 6) is 3.73. The van der Waals surface area contributed by atoms with E-state index < -0.39 is 7.55 Å². The normalized spacial score (nSPS) is 18.7. The molecule has 3 aromatic rings. The van der Waals surface area contributed by atoms with E-state index in [-0.39, 0.29) is 11.6 Å². The topological polar surface area (TPSA) is 26.3 Å². The number of ether oxygens (including phenoxy) is 1. The maximum Gasteiger partial charge on any atom is 0.330 e. The van der Waals surface area contributed by atoms with Crippen LogP contribution in [0.25, 0.3) is 11.1 Å². The average Bonchev–Trinajstić information content (AvgIpc) is 2.80. The van der Waals surface area contributed by atoms with E-state index in [1.807, 2.05) is 18.2 Å². The maximum atomic E-state index is 12.1. The summed E-state index contributed by atoms with van der Waals surface area (Å²) in [6, 6.07) is 31.4. The molecule has 3 aromatic carbocycles. The summed E-state index contributed by atoms with van der Waals surface area (Å²) in [6.45, 7) is 0. The second-order valence-electron chi connectivity index (χ2n) is 6.90. The number of hydrogen-bond donors (Lipinski definition) is 0. The van der Waals surface area contributed by atoms with Gasteiger partial charge in [-0.05, 0) is 27.8 Å². The van der Waals surface area contributed by atoms with Crippen LogP contribution >= 0.6 is 7.55 Å². The zero-order valence-electron chi connectivity index (χ0n) is 16.3. The second kappa shape index (κ2) is 8.94. The number of rotatable bonds is 4. The molecule has 0 aromatic heterocycles. The van der Waals surface area contributed by atoms with Crippen LogP contribution in [-0.4, -0.2) is 18.9 Å². The molecule has 3 heteroatoms. The van der Waals surface area contributed by atoms with E-state index in [0.717, 1.165) is 0 Å². The quantitative estimate of drug-likeness (QED) is 0.395. The molecule has 144 valence electrons. The van der Waals surface area contributed by atoms with Crippen LogP contribution in [-0.2, 0) is 9.53 Å². The Labute approximate surface area is 172 Å². The summed E-state index contributed by atoms with van der Waals surface area (Å²) in [5, 5.41) is 0. The number of carbonyl (C=O) groups is 1. The summed E-state index contributed by atoms with van der Waals surface area (Å²) in [5.41, 5.74) is 6.17. The van der Waals surface area contributed by atoms with Crippen molar-refractivity contribution in [2.75, 3.05) is 7.11 Å². The lowest BCUT2D eigenvalue weighted by Gasteiger charge is -2.29. The van der Waals surface area contributed by atoms with Crippen LogP contribution in [0.1, 0.15) is 22.3 Å². The lowest BCUT2D eigenvalue weighted by molar-refractivity contribution is -0.132. The number of benzene rings is 3. The second-order valence-corrected chi connectivity index (χ2v) is 9.10. The number of methoxy groups -OCH3 is 1. The van der Waals surface area contributed by atoms with E-state index in [2.05, 4.69) is 84.7 Å². The van der Waals surface area contributed by atoms with Crippen LogP contribution in [0.5, 0.6) is 0 Å². The molecule has 0 amide bonds. The highest BCUT2D eigenvalue weighted by atomic mass is 31.1. The standard InChI is InChI=1S/C26H23O2P/c1-28-24(27)19-29-18-17-23(20-11-5-2-6-12-20)25(21-13-7-3-8-14-21)26(29)22-15-9-4-10-16-22/h2-19,26,29H,1H3. The molecule has 1 heterocycles.